The van der Waals surface area contributed by atoms with E-state index in [-0.39, 0.29) is 10.6 Å². The standard InChI is InChI=1S/C20H16F3N3O3S/c1-12(13-6-8-24-9-7-13)26-30(28,29)15-3-5-17(21)16(11-15)20(27)25-14-2-4-18(22)19(23)10-14/h2-12,26H,1H3,(H,25,27). The average molecular weight is 435 g/mol. The molecule has 6 nitrogen and oxygen atoms in total. The van der Waals surface area contributed by atoms with Crippen molar-refractivity contribution in [1.29, 1.82) is 0 Å². The molecule has 0 radical (unpaired) electrons. The number of amides is 1. The topological polar surface area (TPSA) is 88.2 Å². The number of sulfonamides is 1. The lowest BCUT2D eigenvalue weighted by molar-refractivity contribution is 0.102. The quantitative estimate of drug-likeness (QED) is 0.617. The molecule has 0 aliphatic carbocycles. The van der Waals surface area contributed by atoms with Crippen LogP contribution in [0.4, 0.5) is 18.9 Å². The monoisotopic (exact) mass is 435 g/mol. The summed E-state index contributed by atoms with van der Waals surface area (Å²) in [5.41, 5.74) is -0.0258. The SMILES string of the molecule is CC(NS(=O)(=O)c1ccc(F)c(C(=O)Nc2ccc(F)c(F)c2)c1)c1ccncc1. The molecule has 0 fully saturated rings. The lowest BCUT2D eigenvalue weighted by Gasteiger charge is -2.15. The molecule has 30 heavy (non-hydrogen) atoms. The molecule has 3 rings (SSSR count). The van der Waals surface area contributed by atoms with E-state index in [9.17, 15) is 26.4 Å². The summed E-state index contributed by atoms with van der Waals surface area (Å²) in [4.78, 5) is 15.9. The lowest BCUT2D eigenvalue weighted by Crippen LogP contribution is -2.27. The molecule has 1 atom stereocenters. The van der Waals surface area contributed by atoms with Crippen molar-refractivity contribution >= 4 is 21.6 Å². The van der Waals surface area contributed by atoms with Gasteiger partial charge in [0.25, 0.3) is 5.91 Å². The molecule has 2 aromatic carbocycles. The summed E-state index contributed by atoms with van der Waals surface area (Å²) >= 11 is 0. The fourth-order valence-corrected chi connectivity index (χ4v) is 3.90. The van der Waals surface area contributed by atoms with Gasteiger partial charge in [-0.25, -0.2) is 26.3 Å². The van der Waals surface area contributed by atoms with Crippen LogP contribution in [0, 0.1) is 17.5 Å². The second-order valence-corrected chi connectivity index (χ2v) is 8.06. The molecule has 0 saturated carbocycles. The summed E-state index contributed by atoms with van der Waals surface area (Å²) in [6, 6.07) is 8.01. The third-order valence-electron chi connectivity index (χ3n) is 4.21. The lowest BCUT2D eigenvalue weighted by atomic mass is 10.1. The number of hydrogen-bond donors (Lipinski definition) is 2. The van der Waals surface area contributed by atoms with Crippen LogP contribution < -0.4 is 10.0 Å². The van der Waals surface area contributed by atoms with E-state index in [4.69, 9.17) is 0 Å². The number of rotatable bonds is 6. The normalized spacial score (nSPS) is 12.4. The van der Waals surface area contributed by atoms with Crippen LogP contribution in [0.1, 0.15) is 28.9 Å². The van der Waals surface area contributed by atoms with Gasteiger partial charge in [-0.15, -0.1) is 0 Å². The molecular formula is C20H16F3N3O3S. The van der Waals surface area contributed by atoms with E-state index in [2.05, 4.69) is 15.0 Å². The Hall–Kier alpha value is -3.24. The summed E-state index contributed by atoms with van der Waals surface area (Å²) in [5.74, 6) is -4.30. The smallest absolute Gasteiger partial charge is 0.258 e. The van der Waals surface area contributed by atoms with Crippen LogP contribution >= 0.6 is 0 Å². The number of hydrogen-bond acceptors (Lipinski definition) is 4. The number of aromatic nitrogens is 1. The van der Waals surface area contributed by atoms with Crippen LogP contribution in [0.25, 0.3) is 0 Å². The minimum Gasteiger partial charge on any atom is -0.322 e. The van der Waals surface area contributed by atoms with E-state index < -0.39 is 45.0 Å². The van der Waals surface area contributed by atoms with Crippen molar-refractivity contribution in [3.63, 3.8) is 0 Å². The number of pyridine rings is 1. The first-order valence-corrected chi connectivity index (χ1v) is 10.1. The van der Waals surface area contributed by atoms with Crippen LogP contribution in [-0.2, 0) is 10.0 Å². The molecule has 1 unspecified atom stereocenters. The van der Waals surface area contributed by atoms with Gasteiger partial charge in [-0.05, 0) is 55.0 Å². The van der Waals surface area contributed by atoms with Crippen LogP contribution in [0.3, 0.4) is 0 Å². The van der Waals surface area contributed by atoms with Crippen molar-refractivity contribution in [1.82, 2.24) is 9.71 Å². The van der Waals surface area contributed by atoms with Crippen molar-refractivity contribution < 1.29 is 26.4 Å². The Morgan fingerprint density at radius 3 is 2.27 bits per heavy atom. The van der Waals surface area contributed by atoms with Crippen molar-refractivity contribution in [3.05, 3.63) is 89.5 Å². The van der Waals surface area contributed by atoms with Gasteiger partial charge in [-0.2, -0.15) is 0 Å². The molecular weight excluding hydrogens is 419 g/mol. The average Bonchev–Trinajstić information content (AvgIpc) is 2.71. The van der Waals surface area contributed by atoms with E-state index in [1.54, 1.807) is 19.1 Å². The minimum atomic E-state index is -4.09. The van der Waals surface area contributed by atoms with Gasteiger partial charge in [0.1, 0.15) is 5.82 Å². The van der Waals surface area contributed by atoms with Crippen LogP contribution in [-0.4, -0.2) is 19.3 Å². The highest BCUT2D eigenvalue weighted by Gasteiger charge is 2.22. The summed E-state index contributed by atoms with van der Waals surface area (Å²) < 4.78 is 68.3. The number of halogens is 3. The highest BCUT2D eigenvalue weighted by molar-refractivity contribution is 7.89. The minimum absolute atomic E-state index is 0.115. The molecule has 0 aliphatic rings. The molecule has 10 heteroatoms. The highest BCUT2D eigenvalue weighted by Crippen LogP contribution is 2.21. The van der Waals surface area contributed by atoms with E-state index in [0.717, 1.165) is 36.4 Å². The number of nitrogens with zero attached hydrogens (tertiary/aromatic N) is 1. The first-order chi connectivity index (χ1) is 14.2. The Balaban J connectivity index is 1.84. The van der Waals surface area contributed by atoms with Crippen molar-refractivity contribution in [3.8, 4) is 0 Å². The number of carbonyl (C=O) groups excluding carboxylic acids is 1. The molecule has 1 aromatic heterocycles. The van der Waals surface area contributed by atoms with Gasteiger partial charge in [0.2, 0.25) is 10.0 Å². The summed E-state index contributed by atoms with van der Waals surface area (Å²) in [5, 5.41) is 2.20. The van der Waals surface area contributed by atoms with Crippen LogP contribution in [0.5, 0.6) is 0 Å². The number of benzene rings is 2. The Kier molecular flexibility index (Phi) is 6.18. The van der Waals surface area contributed by atoms with E-state index in [0.29, 0.717) is 5.56 Å². The van der Waals surface area contributed by atoms with Gasteiger partial charge >= 0.3 is 0 Å². The number of nitrogens with one attached hydrogen (secondary N) is 2. The molecule has 0 bridgehead atoms. The molecule has 0 spiro atoms. The Bertz CT molecular complexity index is 1190. The summed E-state index contributed by atoms with van der Waals surface area (Å²) in [6.45, 7) is 1.62. The van der Waals surface area contributed by atoms with Gasteiger partial charge in [0, 0.05) is 30.2 Å². The van der Waals surface area contributed by atoms with Crippen LogP contribution in [0.15, 0.2) is 65.8 Å². The first-order valence-electron chi connectivity index (χ1n) is 8.65. The van der Waals surface area contributed by atoms with E-state index >= 15 is 0 Å². The van der Waals surface area contributed by atoms with Crippen molar-refractivity contribution in [2.24, 2.45) is 0 Å². The zero-order chi connectivity index (χ0) is 21.9. The van der Waals surface area contributed by atoms with Gasteiger partial charge in [0.15, 0.2) is 11.6 Å². The van der Waals surface area contributed by atoms with Crippen LogP contribution in [0.2, 0.25) is 0 Å². The molecule has 3 aromatic rings. The first kappa shape index (κ1) is 21.5. The summed E-state index contributed by atoms with van der Waals surface area (Å²) in [7, 11) is -4.09. The second-order valence-electron chi connectivity index (χ2n) is 6.35. The third-order valence-corrected chi connectivity index (χ3v) is 5.75. The Morgan fingerprint density at radius 1 is 0.933 bits per heavy atom. The van der Waals surface area contributed by atoms with E-state index in [1.807, 2.05) is 0 Å². The molecule has 1 heterocycles. The zero-order valence-electron chi connectivity index (χ0n) is 15.6. The fraction of sp³-hybridized carbons (Fsp3) is 0.100. The molecule has 1 amide bonds. The van der Waals surface area contributed by atoms with E-state index in [1.165, 1.54) is 12.4 Å². The highest BCUT2D eigenvalue weighted by atomic mass is 32.2. The Labute approximate surface area is 170 Å². The Morgan fingerprint density at radius 2 is 1.60 bits per heavy atom. The fourth-order valence-electron chi connectivity index (χ4n) is 2.64. The van der Waals surface area contributed by atoms with Gasteiger partial charge in [-0.1, -0.05) is 0 Å². The second kappa shape index (κ2) is 8.64. The van der Waals surface area contributed by atoms with Crippen molar-refractivity contribution in [2.75, 3.05) is 5.32 Å². The van der Waals surface area contributed by atoms with Gasteiger partial charge in [-0.3, -0.25) is 9.78 Å². The number of carbonyl (C=O) groups is 1. The predicted molar refractivity (Wildman–Crippen MR) is 104 cm³/mol. The zero-order valence-corrected chi connectivity index (χ0v) is 16.4. The van der Waals surface area contributed by atoms with Gasteiger partial charge in [0.05, 0.1) is 10.5 Å². The maximum Gasteiger partial charge on any atom is 0.258 e. The molecule has 0 aliphatic heterocycles. The molecule has 156 valence electrons. The third kappa shape index (κ3) is 4.84. The number of anilines is 1. The predicted octanol–water partition coefficient (Wildman–Crippen LogP) is 3.79. The largest absolute Gasteiger partial charge is 0.322 e. The van der Waals surface area contributed by atoms with Crippen molar-refractivity contribution in [2.45, 2.75) is 17.9 Å². The maximum atomic E-state index is 14.2. The van der Waals surface area contributed by atoms with Gasteiger partial charge < -0.3 is 5.32 Å². The summed E-state index contributed by atoms with van der Waals surface area (Å²) in [6.07, 6.45) is 3.03. The molecule has 2 N–H and O–H groups in total. The molecule has 0 saturated heterocycles. The maximum absolute atomic E-state index is 14.2.